The van der Waals surface area contributed by atoms with Crippen molar-refractivity contribution in [3.05, 3.63) is 42.5 Å². The predicted molar refractivity (Wildman–Crippen MR) is 90.9 cm³/mol. The van der Waals surface area contributed by atoms with Gasteiger partial charge in [0.2, 0.25) is 0 Å². The lowest BCUT2D eigenvalue weighted by molar-refractivity contribution is 0.186. The van der Waals surface area contributed by atoms with Gasteiger partial charge in [0, 0.05) is 6.04 Å². The lowest BCUT2D eigenvalue weighted by Gasteiger charge is -2.32. The number of piperidine rings is 1. The van der Waals surface area contributed by atoms with Crippen LogP contribution in [0.15, 0.2) is 47.4 Å². The van der Waals surface area contributed by atoms with E-state index in [2.05, 4.69) is 4.90 Å². The van der Waals surface area contributed by atoms with Crippen molar-refractivity contribution in [1.82, 2.24) is 4.90 Å². The van der Waals surface area contributed by atoms with Crippen LogP contribution < -0.4 is 0 Å². The zero-order chi connectivity index (χ0) is 15.6. The highest BCUT2D eigenvalue weighted by atomic mass is 32.2. The molecule has 1 aliphatic heterocycles. The minimum absolute atomic E-state index is 0.0803. The average molecular weight is 317 g/mol. The van der Waals surface area contributed by atoms with Crippen molar-refractivity contribution in [3.8, 4) is 0 Å². The molecule has 0 radical (unpaired) electrons. The smallest absolute Gasteiger partial charge is 0.179 e. The highest BCUT2D eigenvalue weighted by Gasteiger charge is 2.24. The molecular weight excluding hydrogens is 294 g/mol. The summed E-state index contributed by atoms with van der Waals surface area (Å²) in [7, 11) is -3.24. The standard InChI is InChI=1S/C18H23NO2S/c1-15(19-11-5-2-6-12-19)14-22(20,21)18-10-9-16-7-3-4-8-17(16)13-18/h3-4,7-10,13,15H,2,5-6,11-12,14H2,1H3. The second-order valence-corrected chi connectivity index (χ2v) is 8.27. The lowest BCUT2D eigenvalue weighted by Crippen LogP contribution is -2.41. The van der Waals surface area contributed by atoms with Crippen molar-refractivity contribution in [2.24, 2.45) is 0 Å². The molecule has 4 heteroatoms. The molecule has 1 heterocycles. The number of hydrogen-bond acceptors (Lipinski definition) is 3. The molecule has 3 rings (SSSR count). The van der Waals surface area contributed by atoms with Gasteiger partial charge in [-0.1, -0.05) is 36.8 Å². The monoisotopic (exact) mass is 317 g/mol. The molecule has 0 saturated carbocycles. The van der Waals surface area contributed by atoms with Crippen molar-refractivity contribution in [2.45, 2.75) is 37.1 Å². The van der Waals surface area contributed by atoms with Crippen LogP contribution in [0.25, 0.3) is 10.8 Å². The van der Waals surface area contributed by atoms with Crippen LogP contribution in [0.1, 0.15) is 26.2 Å². The van der Waals surface area contributed by atoms with E-state index in [-0.39, 0.29) is 11.8 Å². The summed E-state index contributed by atoms with van der Waals surface area (Å²) in [5.74, 6) is 0.200. The molecule has 0 amide bonds. The van der Waals surface area contributed by atoms with E-state index in [9.17, 15) is 8.42 Å². The second-order valence-electron chi connectivity index (χ2n) is 6.24. The van der Waals surface area contributed by atoms with Crippen molar-refractivity contribution in [1.29, 1.82) is 0 Å². The zero-order valence-corrected chi connectivity index (χ0v) is 13.8. The Balaban J connectivity index is 1.81. The number of hydrogen-bond donors (Lipinski definition) is 0. The van der Waals surface area contributed by atoms with Crippen LogP contribution in [-0.4, -0.2) is 38.2 Å². The predicted octanol–water partition coefficient (Wildman–Crippen LogP) is 3.49. The van der Waals surface area contributed by atoms with Gasteiger partial charge < -0.3 is 0 Å². The van der Waals surface area contributed by atoms with Gasteiger partial charge in [-0.2, -0.15) is 0 Å². The minimum Gasteiger partial charge on any atom is -0.300 e. The SMILES string of the molecule is CC(CS(=O)(=O)c1ccc2ccccc2c1)N1CCCCC1. The molecule has 0 aliphatic carbocycles. The fourth-order valence-corrected chi connectivity index (χ4v) is 4.86. The summed E-state index contributed by atoms with van der Waals surface area (Å²) in [5, 5.41) is 2.06. The zero-order valence-electron chi connectivity index (χ0n) is 13.0. The Hall–Kier alpha value is -1.39. The molecule has 3 nitrogen and oxygen atoms in total. The van der Waals surface area contributed by atoms with Crippen LogP contribution in [-0.2, 0) is 9.84 Å². The molecule has 22 heavy (non-hydrogen) atoms. The number of sulfone groups is 1. The van der Waals surface area contributed by atoms with Crippen LogP contribution >= 0.6 is 0 Å². The van der Waals surface area contributed by atoms with E-state index in [0.717, 1.165) is 23.9 Å². The maximum atomic E-state index is 12.7. The average Bonchev–Trinajstić information content (AvgIpc) is 2.55. The molecule has 118 valence electrons. The maximum Gasteiger partial charge on any atom is 0.179 e. The molecular formula is C18H23NO2S. The van der Waals surface area contributed by atoms with Crippen LogP contribution in [0.2, 0.25) is 0 Å². The Bertz CT molecular complexity index is 749. The quantitative estimate of drug-likeness (QED) is 0.866. The van der Waals surface area contributed by atoms with E-state index >= 15 is 0 Å². The third-order valence-corrected chi connectivity index (χ3v) is 6.45. The molecule has 0 bridgehead atoms. The Morgan fingerprint density at radius 3 is 2.41 bits per heavy atom. The maximum absolute atomic E-state index is 12.7. The first kappa shape index (κ1) is 15.5. The first-order valence-corrected chi connectivity index (χ1v) is 9.67. The summed E-state index contributed by atoms with van der Waals surface area (Å²) in [5.41, 5.74) is 0. The van der Waals surface area contributed by atoms with E-state index in [1.54, 1.807) is 12.1 Å². The summed E-state index contributed by atoms with van der Waals surface area (Å²) < 4.78 is 25.4. The highest BCUT2D eigenvalue weighted by Crippen LogP contribution is 2.22. The number of nitrogens with zero attached hydrogens (tertiary/aromatic N) is 1. The fourth-order valence-electron chi connectivity index (χ4n) is 3.24. The Labute approximate surface area is 132 Å². The van der Waals surface area contributed by atoms with Gasteiger partial charge in [-0.3, -0.25) is 4.90 Å². The van der Waals surface area contributed by atoms with Crippen LogP contribution in [0, 0.1) is 0 Å². The van der Waals surface area contributed by atoms with Gasteiger partial charge in [0.25, 0.3) is 0 Å². The fraction of sp³-hybridized carbons (Fsp3) is 0.444. The van der Waals surface area contributed by atoms with Gasteiger partial charge in [0.1, 0.15) is 0 Å². The normalized spacial score (nSPS) is 18.4. The van der Waals surface area contributed by atoms with E-state index in [1.165, 1.54) is 19.3 Å². The number of rotatable bonds is 4. The highest BCUT2D eigenvalue weighted by molar-refractivity contribution is 7.91. The number of benzene rings is 2. The summed E-state index contributed by atoms with van der Waals surface area (Å²) in [4.78, 5) is 2.75. The first-order chi connectivity index (χ1) is 10.6. The third kappa shape index (κ3) is 3.33. The van der Waals surface area contributed by atoms with Crippen LogP contribution in [0.4, 0.5) is 0 Å². The van der Waals surface area contributed by atoms with Gasteiger partial charge in [0.05, 0.1) is 10.6 Å². The van der Waals surface area contributed by atoms with Gasteiger partial charge in [-0.15, -0.1) is 0 Å². The molecule has 1 unspecified atom stereocenters. The Morgan fingerprint density at radius 1 is 1.00 bits per heavy atom. The summed E-state index contributed by atoms with van der Waals surface area (Å²) in [6.07, 6.45) is 3.63. The minimum atomic E-state index is -3.24. The van der Waals surface area contributed by atoms with Gasteiger partial charge in [-0.05, 0) is 55.8 Å². The molecule has 0 N–H and O–H groups in total. The summed E-state index contributed by atoms with van der Waals surface area (Å²) in [6.45, 7) is 4.08. The number of likely N-dealkylation sites (tertiary alicyclic amines) is 1. The van der Waals surface area contributed by atoms with Gasteiger partial charge >= 0.3 is 0 Å². The Kier molecular flexibility index (Phi) is 4.50. The summed E-state index contributed by atoms with van der Waals surface area (Å²) in [6, 6.07) is 13.4. The molecule has 1 saturated heterocycles. The molecule has 0 aromatic heterocycles. The van der Waals surface area contributed by atoms with Crippen molar-refractivity contribution < 1.29 is 8.42 Å². The van der Waals surface area contributed by atoms with Crippen molar-refractivity contribution >= 4 is 20.6 Å². The number of fused-ring (bicyclic) bond motifs is 1. The third-order valence-electron chi connectivity index (χ3n) is 4.55. The largest absolute Gasteiger partial charge is 0.300 e. The molecule has 1 aliphatic rings. The molecule has 1 atom stereocenters. The van der Waals surface area contributed by atoms with E-state index in [4.69, 9.17) is 0 Å². The molecule has 1 fully saturated rings. The molecule has 2 aromatic rings. The molecule has 2 aromatic carbocycles. The second kappa shape index (κ2) is 6.39. The van der Waals surface area contributed by atoms with E-state index in [1.807, 2.05) is 37.3 Å². The van der Waals surface area contributed by atoms with Gasteiger partial charge in [-0.25, -0.2) is 8.42 Å². The van der Waals surface area contributed by atoms with Crippen LogP contribution in [0.3, 0.4) is 0 Å². The Morgan fingerprint density at radius 2 is 1.68 bits per heavy atom. The first-order valence-electron chi connectivity index (χ1n) is 8.02. The van der Waals surface area contributed by atoms with Crippen molar-refractivity contribution in [2.75, 3.05) is 18.8 Å². The topological polar surface area (TPSA) is 37.4 Å². The van der Waals surface area contributed by atoms with E-state index < -0.39 is 9.84 Å². The van der Waals surface area contributed by atoms with Crippen molar-refractivity contribution in [3.63, 3.8) is 0 Å². The van der Waals surface area contributed by atoms with Gasteiger partial charge in [0.15, 0.2) is 9.84 Å². The summed E-state index contributed by atoms with van der Waals surface area (Å²) >= 11 is 0. The van der Waals surface area contributed by atoms with E-state index in [0.29, 0.717) is 4.90 Å². The van der Waals surface area contributed by atoms with Crippen LogP contribution in [0.5, 0.6) is 0 Å². The lowest BCUT2D eigenvalue weighted by atomic mass is 10.1. The molecule has 0 spiro atoms.